The molecule has 0 aliphatic heterocycles. The Bertz CT molecular complexity index is 1070. The summed E-state index contributed by atoms with van der Waals surface area (Å²) in [6.45, 7) is 0. The number of nitrogens with one attached hydrogen (secondary N) is 1. The molecule has 0 amide bonds. The summed E-state index contributed by atoms with van der Waals surface area (Å²) in [6, 6.07) is 5.31. The molecule has 0 saturated heterocycles. The van der Waals surface area contributed by atoms with Crippen LogP contribution in [0.2, 0.25) is 0 Å². The molecular weight excluding hydrogens is 423 g/mol. The Morgan fingerprint density at radius 2 is 1.55 bits per heavy atom. The quantitative estimate of drug-likeness (QED) is 0.603. The molecule has 0 fully saturated rings. The molecule has 0 aliphatic rings. The number of methoxy groups -OCH3 is 1. The molecule has 0 saturated carbocycles. The van der Waals surface area contributed by atoms with E-state index < -0.39 is 55.8 Å². The second-order valence-electron chi connectivity index (χ2n) is 5.31. The summed E-state index contributed by atoms with van der Waals surface area (Å²) < 4.78 is 73.3. The largest absolute Gasteiger partial charge is 0.573 e. The summed E-state index contributed by atoms with van der Waals surface area (Å²) in [5, 5.41) is 18.3. The molecule has 3 N–H and O–H groups in total. The van der Waals surface area contributed by atoms with Gasteiger partial charge in [-0.1, -0.05) is 12.1 Å². The van der Waals surface area contributed by atoms with E-state index in [1.165, 1.54) is 0 Å². The highest BCUT2D eigenvalue weighted by molar-refractivity contribution is 7.92. The number of hydrogen-bond acceptors (Lipinski definition) is 6. The van der Waals surface area contributed by atoms with Crippen LogP contribution in [0.4, 0.5) is 18.9 Å². The molecule has 13 heteroatoms. The third kappa shape index (κ3) is 5.07. The number of aromatic carboxylic acids is 2. The molecule has 2 aromatic rings. The van der Waals surface area contributed by atoms with Crippen molar-refractivity contribution in [3.63, 3.8) is 0 Å². The van der Waals surface area contributed by atoms with Gasteiger partial charge in [-0.3, -0.25) is 4.72 Å². The minimum atomic E-state index is -5.16. The van der Waals surface area contributed by atoms with Crippen LogP contribution in [0.15, 0.2) is 41.3 Å². The van der Waals surface area contributed by atoms with Gasteiger partial charge in [-0.2, -0.15) is 0 Å². The smallest absolute Gasteiger partial charge is 0.495 e. The third-order valence-corrected chi connectivity index (χ3v) is 4.81. The Morgan fingerprint density at radius 1 is 1.00 bits per heavy atom. The van der Waals surface area contributed by atoms with Gasteiger partial charge in [0.25, 0.3) is 10.0 Å². The predicted octanol–water partition coefficient (Wildman–Crippen LogP) is 2.79. The van der Waals surface area contributed by atoms with Gasteiger partial charge in [0, 0.05) is 0 Å². The van der Waals surface area contributed by atoms with E-state index in [4.69, 9.17) is 14.9 Å². The van der Waals surface area contributed by atoms with E-state index in [9.17, 15) is 31.2 Å². The molecule has 0 radical (unpaired) electrons. The molecule has 9 nitrogen and oxygen atoms in total. The number of hydrogen-bond donors (Lipinski definition) is 3. The average molecular weight is 435 g/mol. The maximum atomic E-state index is 12.6. The van der Waals surface area contributed by atoms with Crippen molar-refractivity contribution in [2.75, 3.05) is 11.8 Å². The van der Waals surface area contributed by atoms with Crippen LogP contribution in [0.1, 0.15) is 20.7 Å². The summed E-state index contributed by atoms with van der Waals surface area (Å²) >= 11 is 0. The van der Waals surface area contributed by atoms with Crippen molar-refractivity contribution in [3.8, 4) is 11.5 Å². The fourth-order valence-corrected chi connectivity index (χ4v) is 3.45. The number of rotatable bonds is 7. The summed E-state index contributed by atoms with van der Waals surface area (Å²) in [6.07, 6.45) is -5.16. The number of carbonyl (C=O) groups is 2. The van der Waals surface area contributed by atoms with E-state index in [2.05, 4.69) is 4.74 Å². The van der Waals surface area contributed by atoms with Gasteiger partial charge in [-0.25, -0.2) is 18.0 Å². The highest BCUT2D eigenvalue weighted by Crippen LogP contribution is 2.34. The Balaban J connectivity index is 2.58. The molecule has 0 bridgehead atoms. The fraction of sp³-hybridized carbons (Fsp3) is 0.125. The number of para-hydroxylation sites is 1. The van der Waals surface area contributed by atoms with Crippen LogP contribution < -0.4 is 14.2 Å². The van der Waals surface area contributed by atoms with Crippen molar-refractivity contribution in [2.45, 2.75) is 11.3 Å². The lowest BCUT2D eigenvalue weighted by Gasteiger charge is -2.16. The molecular formula is C16H12F3NO8S. The molecule has 0 aromatic heterocycles. The van der Waals surface area contributed by atoms with Gasteiger partial charge >= 0.3 is 18.3 Å². The molecule has 2 aromatic carbocycles. The first kappa shape index (κ1) is 21.8. The lowest BCUT2D eigenvalue weighted by molar-refractivity contribution is -0.275. The van der Waals surface area contributed by atoms with E-state index in [-0.39, 0.29) is 5.75 Å². The average Bonchev–Trinajstić information content (AvgIpc) is 2.59. The van der Waals surface area contributed by atoms with Gasteiger partial charge in [0.2, 0.25) is 0 Å². The second-order valence-corrected chi connectivity index (χ2v) is 6.96. The Morgan fingerprint density at radius 3 is 2.07 bits per heavy atom. The minimum Gasteiger partial charge on any atom is -0.495 e. The normalized spacial score (nSPS) is 11.6. The molecule has 2 rings (SSSR count). The number of alkyl halides is 3. The highest BCUT2D eigenvalue weighted by atomic mass is 32.2. The van der Waals surface area contributed by atoms with Gasteiger partial charge in [0.05, 0.1) is 23.9 Å². The Kier molecular flexibility index (Phi) is 5.92. The van der Waals surface area contributed by atoms with Crippen molar-refractivity contribution in [1.82, 2.24) is 0 Å². The van der Waals surface area contributed by atoms with Crippen molar-refractivity contribution in [3.05, 3.63) is 47.5 Å². The lowest BCUT2D eigenvalue weighted by Crippen LogP contribution is -2.21. The van der Waals surface area contributed by atoms with Gasteiger partial charge in [0.15, 0.2) is 0 Å². The Labute approximate surface area is 161 Å². The van der Waals surface area contributed by atoms with Crippen LogP contribution in [0, 0.1) is 0 Å². The van der Waals surface area contributed by atoms with E-state index in [0.717, 1.165) is 37.4 Å². The molecule has 156 valence electrons. The molecule has 0 aliphatic carbocycles. The minimum absolute atomic E-state index is 0.370. The summed E-state index contributed by atoms with van der Waals surface area (Å²) in [5.41, 5.74) is -1.95. The second kappa shape index (κ2) is 7.87. The SMILES string of the molecule is COc1cc(C(=O)O)c(C(=O)O)cc1NS(=O)(=O)c1ccccc1OC(F)(F)F. The maximum absolute atomic E-state index is 12.6. The first-order valence-electron chi connectivity index (χ1n) is 7.42. The number of carboxylic acids is 2. The summed E-state index contributed by atoms with van der Waals surface area (Å²) in [5.74, 6) is -4.68. The molecule has 0 unspecified atom stereocenters. The van der Waals surface area contributed by atoms with Crippen molar-refractivity contribution in [2.24, 2.45) is 0 Å². The third-order valence-electron chi connectivity index (χ3n) is 3.41. The van der Waals surface area contributed by atoms with E-state index in [1.807, 2.05) is 4.72 Å². The van der Waals surface area contributed by atoms with Crippen LogP contribution in [-0.2, 0) is 10.0 Å². The van der Waals surface area contributed by atoms with Crippen molar-refractivity contribution < 1.29 is 50.9 Å². The maximum Gasteiger partial charge on any atom is 0.573 e. The highest BCUT2D eigenvalue weighted by Gasteiger charge is 2.34. The molecule has 0 spiro atoms. The first-order chi connectivity index (χ1) is 13.4. The fourth-order valence-electron chi connectivity index (χ4n) is 2.26. The van der Waals surface area contributed by atoms with E-state index in [1.54, 1.807) is 0 Å². The standard InChI is InChI=1S/C16H12F3NO8S/c1-27-12-7-9(15(23)24)8(14(21)22)6-10(12)20-29(25,26)13-5-3-2-4-11(13)28-16(17,18)19/h2-7,20H,1H3,(H,21,22)(H,23,24). The van der Waals surface area contributed by atoms with Crippen LogP contribution in [0.3, 0.4) is 0 Å². The number of ether oxygens (including phenoxy) is 2. The van der Waals surface area contributed by atoms with Gasteiger partial charge in [-0.05, 0) is 24.3 Å². The van der Waals surface area contributed by atoms with Crippen LogP contribution in [0.5, 0.6) is 11.5 Å². The number of carboxylic acid groups (broad SMARTS) is 2. The molecule has 0 heterocycles. The Hall–Kier alpha value is -3.48. The predicted molar refractivity (Wildman–Crippen MR) is 90.8 cm³/mol. The van der Waals surface area contributed by atoms with Crippen LogP contribution in [0.25, 0.3) is 0 Å². The monoisotopic (exact) mass is 435 g/mol. The number of sulfonamides is 1. The summed E-state index contributed by atoms with van der Waals surface area (Å²) in [7, 11) is -3.66. The van der Waals surface area contributed by atoms with Crippen LogP contribution in [-0.4, -0.2) is 44.0 Å². The van der Waals surface area contributed by atoms with E-state index >= 15 is 0 Å². The van der Waals surface area contributed by atoms with Gasteiger partial charge < -0.3 is 19.7 Å². The zero-order valence-electron chi connectivity index (χ0n) is 14.4. The van der Waals surface area contributed by atoms with Gasteiger partial charge in [0.1, 0.15) is 16.4 Å². The number of anilines is 1. The molecule has 29 heavy (non-hydrogen) atoms. The zero-order chi connectivity index (χ0) is 22.0. The van der Waals surface area contributed by atoms with E-state index in [0.29, 0.717) is 6.07 Å². The number of halogens is 3. The number of benzene rings is 2. The lowest BCUT2D eigenvalue weighted by atomic mass is 10.1. The molecule has 0 atom stereocenters. The van der Waals surface area contributed by atoms with Crippen molar-refractivity contribution >= 4 is 27.6 Å². The van der Waals surface area contributed by atoms with Crippen molar-refractivity contribution in [1.29, 1.82) is 0 Å². The topological polar surface area (TPSA) is 139 Å². The van der Waals surface area contributed by atoms with Crippen LogP contribution >= 0.6 is 0 Å². The first-order valence-corrected chi connectivity index (χ1v) is 8.90. The van der Waals surface area contributed by atoms with Gasteiger partial charge in [-0.15, -0.1) is 13.2 Å². The zero-order valence-corrected chi connectivity index (χ0v) is 15.2. The summed E-state index contributed by atoms with van der Waals surface area (Å²) in [4.78, 5) is 21.6.